The van der Waals surface area contributed by atoms with E-state index in [1.807, 2.05) is 42.5 Å². The number of hydrogen-bond donors (Lipinski definition) is 2. The SMILES string of the molecule is COc1ccc(NC(N)=NCC(c2ccc(Cl)cc2)N2CCOCC2)cc1OC. The van der Waals surface area contributed by atoms with E-state index in [-0.39, 0.29) is 6.04 Å². The van der Waals surface area contributed by atoms with Crippen molar-refractivity contribution in [3.05, 3.63) is 53.1 Å². The van der Waals surface area contributed by atoms with E-state index in [4.69, 9.17) is 31.5 Å². The molecule has 0 aromatic heterocycles. The highest BCUT2D eigenvalue weighted by Crippen LogP contribution is 2.29. The van der Waals surface area contributed by atoms with Crippen LogP contribution in [0.15, 0.2) is 47.5 Å². The van der Waals surface area contributed by atoms with E-state index < -0.39 is 0 Å². The van der Waals surface area contributed by atoms with Crippen LogP contribution in [-0.2, 0) is 4.74 Å². The molecule has 1 atom stereocenters. The molecule has 1 fully saturated rings. The highest BCUT2D eigenvalue weighted by molar-refractivity contribution is 6.30. The Kier molecular flexibility index (Phi) is 7.57. The molecule has 156 valence electrons. The average molecular weight is 419 g/mol. The summed E-state index contributed by atoms with van der Waals surface area (Å²) >= 11 is 6.06. The number of benzene rings is 2. The van der Waals surface area contributed by atoms with E-state index >= 15 is 0 Å². The van der Waals surface area contributed by atoms with Gasteiger partial charge in [-0.15, -0.1) is 0 Å². The quantitative estimate of drug-likeness (QED) is 0.531. The number of morpholine rings is 1. The summed E-state index contributed by atoms with van der Waals surface area (Å²) in [5.41, 5.74) is 8.08. The number of nitrogens with zero attached hydrogens (tertiary/aromatic N) is 2. The second-order valence-electron chi connectivity index (χ2n) is 6.64. The predicted molar refractivity (Wildman–Crippen MR) is 116 cm³/mol. The van der Waals surface area contributed by atoms with Gasteiger partial charge in [-0.25, -0.2) is 0 Å². The number of halogens is 1. The van der Waals surface area contributed by atoms with Crippen LogP contribution in [0.5, 0.6) is 11.5 Å². The molecule has 0 aliphatic carbocycles. The number of guanidine groups is 1. The fraction of sp³-hybridized carbons (Fsp3) is 0.381. The van der Waals surface area contributed by atoms with Gasteiger partial charge in [-0.05, 0) is 29.8 Å². The first-order valence-electron chi connectivity index (χ1n) is 9.47. The molecule has 7 nitrogen and oxygen atoms in total. The van der Waals surface area contributed by atoms with Crippen molar-refractivity contribution in [3.63, 3.8) is 0 Å². The van der Waals surface area contributed by atoms with Crippen molar-refractivity contribution in [2.24, 2.45) is 10.7 Å². The van der Waals surface area contributed by atoms with Crippen molar-refractivity contribution in [1.82, 2.24) is 4.90 Å². The fourth-order valence-electron chi connectivity index (χ4n) is 3.29. The average Bonchev–Trinajstić information content (AvgIpc) is 2.75. The minimum atomic E-state index is 0.0990. The van der Waals surface area contributed by atoms with Gasteiger partial charge >= 0.3 is 0 Å². The Labute approximate surface area is 176 Å². The maximum absolute atomic E-state index is 6.15. The van der Waals surface area contributed by atoms with Crippen molar-refractivity contribution in [1.29, 1.82) is 0 Å². The zero-order valence-corrected chi connectivity index (χ0v) is 17.5. The lowest BCUT2D eigenvalue weighted by atomic mass is 10.0. The number of anilines is 1. The number of hydrogen-bond acceptors (Lipinski definition) is 5. The summed E-state index contributed by atoms with van der Waals surface area (Å²) in [7, 11) is 3.20. The third kappa shape index (κ3) is 5.76. The molecule has 0 amide bonds. The smallest absolute Gasteiger partial charge is 0.193 e. The highest BCUT2D eigenvalue weighted by Gasteiger charge is 2.22. The third-order valence-corrected chi connectivity index (χ3v) is 5.08. The number of aliphatic imine (C=N–C) groups is 1. The number of nitrogens with one attached hydrogen (secondary N) is 1. The minimum absolute atomic E-state index is 0.0990. The Morgan fingerprint density at radius 3 is 2.48 bits per heavy atom. The molecule has 0 spiro atoms. The molecule has 29 heavy (non-hydrogen) atoms. The largest absolute Gasteiger partial charge is 0.493 e. The molecule has 2 aromatic carbocycles. The van der Waals surface area contributed by atoms with Crippen LogP contribution in [0.25, 0.3) is 0 Å². The molecule has 8 heteroatoms. The predicted octanol–water partition coefficient (Wildman–Crippen LogP) is 3.16. The van der Waals surface area contributed by atoms with E-state index in [9.17, 15) is 0 Å². The normalized spacial score (nSPS) is 16.3. The Hall–Kier alpha value is -2.48. The van der Waals surface area contributed by atoms with Crippen molar-refractivity contribution < 1.29 is 14.2 Å². The molecule has 1 saturated heterocycles. The first kappa shape index (κ1) is 21.2. The van der Waals surface area contributed by atoms with Crippen molar-refractivity contribution in [3.8, 4) is 11.5 Å². The Morgan fingerprint density at radius 1 is 1.14 bits per heavy atom. The van der Waals surface area contributed by atoms with Gasteiger partial charge < -0.3 is 25.3 Å². The zero-order valence-electron chi connectivity index (χ0n) is 16.7. The first-order valence-corrected chi connectivity index (χ1v) is 9.84. The molecule has 2 aromatic rings. The summed E-state index contributed by atoms with van der Waals surface area (Å²) in [4.78, 5) is 6.95. The Morgan fingerprint density at radius 2 is 1.83 bits per heavy atom. The molecule has 0 saturated carbocycles. The monoisotopic (exact) mass is 418 g/mol. The lowest BCUT2D eigenvalue weighted by Crippen LogP contribution is -2.40. The lowest BCUT2D eigenvalue weighted by Gasteiger charge is -2.34. The van der Waals surface area contributed by atoms with Gasteiger partial charge in [0.25, 0.3) is 0 Å². The summed E-state index contributed by atoms with van der Waals surface area (Å²) in [6.07, 6.45) is 0. The van der Waals surface area contributed by atoms with Crippen LogP contribution < -0.4 is 20.5 Å². The first-order chi connectivity index (χ1) is 14.1. The van der Waals surface area contributed by atoms with Gasteiger partial charge in [-0.1, -0.05) is 23.7 Å². The summed E-state index contributed by atoms with van der Waals surface area (Å²) < 4.78 is 16.1. The van der Waals surface area contributed by atoms with Crippen LogP contribution in [0.4, 0.5) is 5.69 Å². The van der Waals surface area contributed by atoms with Crippen LogP contribution in [0, 0.1) is 0 Å². The lowest BCUT2D eigenvalue weighted by molar-refractivity contribution is 0.0180. The summed E-state index contributed by atoms with van der Waals surface area (Å²) in [6, 6.07) is 13.5. The van der Waals surface area contributed by atoms with E-state index in [2.05, 4.69) is 15.2 Å². The summed E-state index contributed by atoms with van der Waals surface area (Å²) in [5.74, 6) is 1.62. The molecule has 1 unspecified atom stereocenters. The minimum Gasteiger partial charge on any atom is -0.493 e. The van der Waals surface area contributed by atoms with E-state index in [0.29, 0.717) is 42.2 Å². The van der Waals surface area contributed by atoms with Crippen LogP contribution in [0.1, 0.15) is 11.6 Å². The maximum Gasteiger partial charge on any atom is 0.193 e. The highest BCUT2D eigenvalue weighted by atomic mass is 35.5. The van der Waals surface area contributed by atoms with Crippen molar-refractivity contribution in [2.45, 2.75) is 6.04 Å². The molecule has 3 rings (SSSR count). The Bertz CT molecular complexity index is 823. The molecular weight excluding hydrogens is 392 g/mol. The number of nitrogens with two attached hydrogens (primary N) is 1. The molecule has 0 bridgehead atoms. The third-order valence-electron chi connectivity index (χ3n) is 4.83. The van der Waals surface area contributed by atoms with E-state index in [0.717, 1.165) is 24.3 Å². The molecule has 1 aliphatic heterocycles. The van der Waals surface area contributed by atoms with E-state index in [1.54, 1.807) is 14.2 Å². The molecule has 1 aliphatic rings. The van der Waals surface area contributed by atoms with Crippen LogP contribution >= 0.6 is 11.6 Å². The topological polar surface area (TPSA) is 81.3 Å². The molecular formula is C21H27ClN4O3. The maximum atomic E-state index is 6.15. The van der Waals surface area contributed by atoms with Gasteiger partial charge in [0.05, 0.1) is 40.0 Å². The fourth-order valence-corrected chi connectivity index (χ4v) is 3.42. The summed E-state index contributed by atoms with van der Waals surface area (Å²) in [5, 5.41) is 3.83. The molecule has 0 radical (unpaired) electrons. The van der Waals surface area contributed by atoms with Crippen molar-refractivity contribution >= 4 is 23.2 Å². The standard InChI is InChI=1S/C21H27ClN4O3/c1-27-19-8-7-17(13-20(19)28-2)25-21(23)24-14-18(26-9-11-29-12-10-26)15-3-5-16(22)6-4-15/h3-8,13,18H,9-12,14H2,1-2H3,(H3,23,24,25). The zero-order chi connectivity index (χ0) is 20.6. The number of methoxy groups -OCH3 is 2. The van der Waals surface area contributed by atoms with Gasteiger partial charge in [0.2, 0.25) is 0 Å². The van der Waals surface area contributed by atoms with Gasteiger partial charge in [0, 0.05) is 29.9 Å². The van der Waals surface area contributed by atoms with Crippen LogP contribution in [-0.4, -0.2) is 57.9 Å². The van der Waals surface area contributed by atoms with Crippen molar-refractivity contribution in [2.75, 3.05) is 52.4 Å². The Balaban J connectivity index is 1.73. The molecule has 3 N–H and O–H groups in total. The second-order valence-corrected chi connectivity index (χ2v) is 7.07. The number of ether oxygens (including phenoxy) is 3. The molecule has 1 heterocycles. The van der Waals surface area contributed by atoms with Gasteiger partial charge in [0.1, 0.15) is 0 Å². The summed E-state index contributed by atoms with van der Waals surface area (Å²) in [6.45, 7) is 3.66. The van der Waals surface area contributed by atoms with E-state index in [1.165, 1.54) is 0 Å². The second kappa shape index (κ2) is 10.3. The number of rotatable bonds is 7. The van der Waals surface area contributed by atoms with Gasteiger partial charge in [-0.2, -0.15) is 0 Å². The van der Waals surface area contributed by atoms with Crippen LogP contribution in [0.3, 0.4) is 0 Å². The van der Waals surface area contributed by atoms with Gasteiger partial charge in [0.15, 0.2) is 17.5 Å². The van der Waals surface area contributed by atoms with Crippen LogP contribution in [0.2, 0.25) is 5.02 Å². The van der Waals surface area contributed by atoms with Gasteiger partial charge in [-0.3, -0.25) is 9.89 Å².